The Morgan fingerprint density at radius 2 is 2.05 bits per heavy atom. The number of ether oxygens (including phenoxy) is 1. The van der Waals surface area contributed by atoms with E-state index in [9.17, 15) is 9.59 Å². The SMILES string of the molecule is CC[C@@H](OC(=O)c1ccccc1)C(=O)Nc1cc(C)on1. The number of nitrogens with zero attached hydrogens (tertiary/aromatic N) is 1. The van der Waals surface area contributed by atoms with E-state index in [1.54, 1.807) is 50.2 Å². The highest BCUT2D eigenvalue weighted by Crippen LogP contribution is 2.11. The molecule has 0 unspecified atom stereocenters. The highest BCUT2D eigenvalue weighted by molar-refractivity contribution is 5.97. The minimum atomic E-state index is -0.880. The summed E-state index contributed by atoms with van der Waals surface area (Å²) in [4.78, 5) is 24.0. The third-order valence-corrected chi connectivity index (χ3v) is 2.80. The summed E-state index contributed by atoms with van der Waals surface area (Å²) in [6.07, 6.45) is -0.518. The van der Waals surface area contributed by atoms with Gasteiger partial charge in [-0.05, 0) is 25.5 Å². The fraction of sp³-hybridized carbons (Fsp3) is 0.267. The number of anilines is 1. The van der Waals surface area contributed by atoms with Crippen LogP contribution >= 0.6 is 0 Å². The molecule has 0 aliphatic rings. The number of aryl methyl sites for hydroxylation is 1. The molecule has 1 amide bonds. The molecule has 6 nitrogen and oxygen atoms in total. The van der Waals surface area contributed by atoms with Gasteiger partial charge in [0, 0.05) is 6.07 Å². The number of nitrogens with one attached hydrogen (secondary N) is 1. The Morgan fingerprint density at radius 3 is 2.62 bits per heavy atom. The van der Waals surface area contributed by atoms with E-state index in [1.807, 2.05) is 0 Å². The predicted octanol–water partition coefficient (Wildman–Crippen LogP) is 2.56. The fourth-order valence-electron chi connectivity index (χ4n) is 1.73. The van der Waals surface area contributed by atoms with E-state index in [-0.39, 0.29) is 0 Å². The topological polar surface area (TPSA) is 81.4 Å². The van der Waals surface area contributed by atoms with E-state index in [1.165, 1.54) is 0 Å². The molecule has 6 heteroatoms. The first-order valence-electron chi connectivity index (χ1n) is 6.60. The van der Waals surface area contributed by atoms with Crippen molar-refractivity contribution in [3.05, 3.63) is 47.7 Å². The minimum absolute atomic E-state index is 0.298. The second-order valence-electron chi connectivity index (χ2n) is 4.48. The maximum Gasteiger partial charge on any atom is 0.338 e. The van der Waals surface area contributed by atoms with Crippen LogP contribution in [0.2, 0.25) is 0 Å². The van der Waals surface area contributed by atoms with Crippen molar-refractivity contribution in [3.63, 3.8) is 0 Å². The van der Waals surface area contributed by atoms with Gasteiger partial charge in [0.1, 0.15) is 5.76 Å². The molecule has 0 bridgehead atoms. The van der Waals surface area contributed by atoms with Crippen molar-refractivity contribution >= 4 is 17.7 Å². The monoisotopic (exact) mass is 288 g/mol. The van der Waals surface area contributed by atoms with Gasteiger partial charge in [0.05, 0.1) is 5.56 Å². The number of esters is 1. The number of amides is 1. The second-order valence-corrected chi connectivity index (χ2v) is 4.48. The molecule has 0 saturated carbocycles. The van der Waals surface area contributed by atoms with Crippen LogP contribution in [0.3, 0.4) is 0 Å². The first-order valence-corrected chi connectivity index (χ1v) is 6.60. The summed E-state index contributed by atoms with van der Waals surface area (Å²) in [5.41, 5.74) is 0.404. The average molecular weight is 288 g/mol. The van der Waals surface area contributed by atoms with Crippen molar-refractivity contribution in [1.82, 2.24) is 5.16 Å². The van der Waals surface area contributed by atoms with Gasteiger partial charge in [0.25, 0.3) is 5.91 Å². The van der Waals surface area contributed by atoms with Crippen LogP contribution in [0.4, 0.5) is 5.82 Å². The van der Waals surface area contributed by atoms with Gasteiger partial charge in [-0.25, -0.2) is 4.79 Å². The van der Waals surface area contributed by atoms with Crippen LogP contribution in [0.25, 0.3) is 0 Å². The Balaban J connectivity index is 1.99. The molecular weight excluding hydrogens is 272 g/mol. The highest BCUT2D eigenvalue weighted by Gasteiger charge is 2.22. The molecule has 0 aliphatic heterocycles. The van der Waals surface area contributed by atoms with Gasteiger partial charge in [0.2, 0.25) is 0 Å². The van der Waals surface area contributed by atoms with E-state index in [0.29, 0.717) is 23.6 Å². The van der Waals surface area contributed by atoms with Crippen molar-refractivity contribution in [1.29, 1.82) is 0 Å². The lowest BCUT2D eigenvalue weighted by molar-refractivity contribution is -0.124. The van der Waals surface area contributed by atoms with Crippen LogP contribution in [0, 0.1) is 6.92 Å². The summed E-state index contributed by atoms with van der Waals surface area (Å²) < 4.78 is 10.1. The zero-order chi connectivity index (χ0) is 15.2. The molecule has 1 N–H and O–H groups in total. The molecule has 0 radical (unpaired) electrons. The van der Waals surface area contributed by atoms with Crippen LogP contribution in [0.1, 0.15) is 29.5 Å². The molecule has 0 saturated heterocycles. The Bertz CT molecular complexity index is 622. The van der Waals surface area contributed by atoms with Crippen molar-refractivity contribution in [3.8, 4) is 0 Å². The van der Waals surface area contributed by atoms with E-state index in [4.69, 9.17) is 9.26 Å². The summed E-state index contributed by atoms with van der Waals surface area (Å²) in [6.45, 7) is 3.48. The third kappa shape index (κ3) is 3.92. The average Bonchev–Trinajstić information content (AvgIpc) is 2.90. The molecule has 21 heavy (non-hydrogen) atoms. The largest absolute Gasteiger partial charge is 0.449 e. The molecule has 2 aromatic rings. The number of hydrogen-bond donors (Lipinski definition) is 1. The normalized spacial score (nSPS) is 11.7. The maximum absolute atomic E-state index is 12.0. The summed E-state index contributed by atoms with van der Waals surface area (Å²) in [5, 5.41) is 6.21. The van der Waals surface area contributed by atoms with Gasteiger partial charge < -0.3 is 14.6 Å². The summed E-state index contributed by atoms with van der Waals surface area (Å²) in [5.74, 6) is -0.0876. The Hall–Kier alpha value is -2.63. The van der Waals surface area contributed by atoms with Gasteiger partial charge in [-0.3, -0.25) is 4.79 Å². The quantitative estimate of drug-likeness (QED) is 0.855. The first kappa shape index (κ1) is 14.8. The maximum atomic E-state index is 12.0. The van der Waals surface area contributed by atoms with Gasteiger partial charge >= 0.3 is 5.97 Å². The van der Waals surface area contributed by atoms with Gasteiger partial charge in [0.15, 0.2) is 11.9 Å². The predicted molar refractivity (Wildman–Crippen MR) is 75.8 cm³/mol. The second kappa shape index (κ2) is 6.69. The zero-order valence-electron chi connectivity index (χ0n) is 11.8. The number of rotatable bonds is 5. The fourth-order valence-corrected chi connectivity index (χ4v) is 1.73. The Morgan fingerprint density at radius 1 is 1.33 bits per heavy atom. The van der Waals surface area contributed by atoms with Crippen LogP contribution in [0.5, 0.6) is 0 Å². The minimum Gasteiger partial charge on any atom is -0.449 e. The van der Waals surface area contributed by atoms with Crippen molar-refractivity contribution in [2.75, 3.05) is 5.32 Å². The van der Waals surface area contributed by atoms with Gasteiger partial charge in [-0.2, -0.15) is 0 Å². The number of hydrogen-bond acceptors (Lipinski definition) is 5. The van der Waals surface area contributed by atoms with Crippen LogP contribution in [-0.2, 0) is 9.53 Å². The zero-order valence-corrected chi connectivity index (χ0v) is 11.8. The standard InChI is InChI=1S/C15H16N2O4/c1-3-12(14(18)16-13-9-10(2)21-17-13)20-15(19)11-7-5-4-6-8-11/h4-9,12H,3H2,1-2H3,(H,16,17,18)/t12-/m1/s1. The van der Waals surface area contributed by atoms with Crippen molar-refractivity contribution in [2.45, 2.75) is 26.4 Å². The molecular formula is C15H16N2O4. The van der Waals surface area contributed by atoms with Crippen molar-refractivity contribution < 1.29 is 18.8 Å². The van der Waals surface area contributed by atoms with Crippen LogP contribution in [0.15, 0.2) is 40.9 Å². The number of aromatic nitrogens is 1. The van der Waals surface area contributed by atoms with E-state index in [0.717, 1.165) is 0 Å². The molecule has 0 fully saturated rings. The lowest BCUT2D eigenvalue weighted by Crippen LogP contribution is -2.32. The first-order chi connectivity index (χ1) is 10.1. The van der Waals surface area contributed by atoms with Gasteiger partial charge in [-0.15, -0.1) is 0 Å². The Kier molecular flexibility index (Phi) is 4.71. The Labute approximate surface area is 122 Å². The molecule has 0 spiro atoms. The molecule has 1 aromatic carbocycles. The molecule has 110 valence electrons. The molecule has 2 rings (SSSR count). The summed E-state index contributed by atoms with van der Waals surface area (Å²) in [7, 11) is 0. The van der Waals surface area contributed by atoms with E-state index in [2.05, 4.69) is 10.5 Å². The van der Waals surface area contributed by atoms with E-state index >= 15 is 0 Å². The van der Waals surface area contributed by atoms with E-state index < -0.39 is 18.0 Å². The van der Waals surface area contributed by atoms with Crippen LogP contribution in [-0.4, -0.2) is 23.1 Å². The lowest BCUT2D eigenvalue weighted by Gasteiger charge is -2.14. The number of benzene rings is 1. The molecule has 0 aliphatic carbocycles. The summed E-state index contributed by atoms with van der Waals surface area (Å²) >= 11 is 0. The smallest absolute Gasteiger partial charge is 0.338 e. The molecule has 1 heterocycles. The number of carbonyl (C=O) groups is 2. The lowest BCUT2D eigenvalue weighted by atomic mass is 10.2. The van der Waals surface area contributed by atoms with Crippen LogP contribution < -0.4 is 5.32 Å². The number of carbonyl (C=O) groups excluding carboxylic acids is 2. The summed E-state index contributed by atoms with van der Waals surface area (Å²) in [6, 6.07) is 10.1. The highest BCUT2D eigenvalue weighted by atomic mass is 16.5. The van der Waals surface area contributed by atoms with Crippen molar-refractivity contribution in [2.24, 2.45) is 0 Å². The molecule has 1 atom stereocenters. The van der Waals surface area contributed by atoms with Gasteiger partial charge in [-0.1, -0.05) is 30.3 Å². The third-order valence-electron chi connectivity index (χ3n) is 2.80. The molecule has 1 aromatic heterocycles.